The van der Waals surface area contributed by atoms with Gasteiger partial charge in [-0.25, -0.2) is 4.39 Å². The molecule has 0 radical (unpaired) electrons. The predicted octanol–water partition coefficient (Wildman–Crippen LogP) is 2.73. The van der Waals surface area contributed by atoms with Crippen molar-refractivity contribution in [1.29, 1.82) is 0 Å². The number of amides is 2. The number of hydrogen-bond donors (Lipinski definition) is 0. The van der Waals surface area contributed by atoms with Crippen LogP contribution in [0.1, 0.15) is 26.3 Å². The van der Waals surface area contributed by atoms with Crippen molar-refractivity contribution in [1.82, 2.24) is 9.80 Å². The van der Waals surface area contributed by atoms with Crippen LogP contribution in [-0.2, 0) is 0 Å². The summed E-state index contributed by atoms with van der Waals surface area (Å²) in [6.07, 6.45) is 0. The molecule has 0 saturated carbocycles. The molecular weight excluding hydrogens is 307 g/mol. The molecule has 0 spiro atoms. The van der Waals surface area contributed by atoms with Gasteiger partial charge in [0.2, 0.25) is 0 Å². The maximum atomic E-state index is 13.7. The first-order valence-corrected chi connectivity index (χ1v) is 7.96. The largest absolute Gasteiger partial charge is 0.335 e. The molecule has 4 nitrogen and oxygen atoms in total. The lowest BCUT2D eigenvalue weighted by Crippen LogP contribution is -2.50. The summed E-state index contributed by atoms with van der Waals surface area (Å²) in [4.78, 5) is 28.2. The van der Waals surface area contributed by atoms with Crippen molar-refractivity contribution in [2.75, 3.05) is 26.2 Å². The first kappa shape index (κ1) is 16.2. The Morgan fingerprint density at radius 1 is 0.833 bits per heavy atom. The first-order chi connectivity index (χ1) is 11.6. The standard InChI is InChI=1S/C19H19FN2O2/c1-14-6-8-15(9-7-14)18(23)21-10-12-22(13-11-21)19(24)16-4-2-3-5-17(16)20/h2-9H,10-13H2,1H3. The Labute approximate surface area is 140 Å². The Hall–Kier alpha value is -2.69. The second-order valence-electron chi connectivity index (χ2n) is 5.93. The lowest BCUT2D eigenvalue weighted by atomic mass is 10.1. The lowest BCUT2D eigenvalue weighted by molar-refractivity contribution is 0.0533. The van der Waals surface area contributed by atoms with Gasteiger partial charge in [0.25, 0.3) is 11.8 Å². The molecule has 1 fully saturated rings. The van der Waals surface area contributed by atoms with Crippen LogP contribution < -0.4 is 0 Å². The fourth-order valence-corrected chi connectivity index (χ4v) is 2.80. The molecule has 124 valence electrons. The smallest absolute Gasteiger partial charge is 0.256 e. The van der Waals surface area contributed by atoms with E-state index >= 15 is 0 Å². The van der Waals surface area contributed by atoms with Crippen LogP contribution in [0.4, 0.5) is 4.39 Å². The monoisotopic (exact) mass is 326 g/mol. The molecule has 5 heteroatoms. The number of carbonyl (C=O) groups is 2. The Balaban J connectivity index is 1.63. The van der Waals surface area contributed by atoms with Crippen LogP contribution in [0.25, 0.3) is 0 Å². The van der Waals surface area contributed by atoms with Crippen molar-refractivity contribution in [2.24, 2.45) is 0 Å². The van der Waals surface area contributed by atoms with Crippen LogP contribution in [0.5, 0.6) is 0 Å². The molecule has 1 saturated heterocycles. The highest BCUT2D eigenvalue weighted by molar-refractivity contribution is 5.96. The summed E-state index contributed by atoms with van der Waals surface area (Å²) in [5.74, 6) is -0.871. The molecule has 1 aliphatic rings. The summed E-state index contributed by atoms with van der Waals surface area (Å²) in [6, 6.07) is 13.4. The number of hydrogen-bond acceptors (Lipinski definition) is 2. The predicted molar refractivity (Wildman–Crippen MR) is 89.4 cm³/mol. The number of carbonyl (C=O) groups excluding carboxylic acids is 2. The van der Waals surface area contributed by atoms with Crippen LogP contribution in [-0.4, -0.2) is 47.8 Å². The van der Waals surface area contributed by atoms with Crippen LogP contribution in [0.3, 0.4) is 0 Å². The second kappa shape index (κ2) is 6.83. The van der Waals surface area contributed by atoms with E-state index in [1.807, 2.05) is 31.2 Å². The van der Waals surface area contributed by atoms with Crippen LogP contribution in [0, 0.1) is 12.7 Å². The van der Waals surface area contributed by atoms with E-state index in [1.165, 1.54) is 12.1 Å². The highest BCUT2D eigenvalue weighted by Gasteiger charge is 2.26. The topological polar surface area (TPSA) is 40.6 Å². The van der Waals surface area contributed by atoms with Crippen LogP contribution >= 0.6 is 0 Å². The van der Waals surface area contributed by atoms with Crippen LogP contribution in [0.15, 0.2) is 48.5 Å². The zero-order valence-corrected chi connectivity index (χ0v) is 13.5. The average molecular weight is 326 g/mol. The number of rotatable bonds is 2. The second-order valence-corrected chi connectivity index (χ2v) is 5.93. The Morgan fingerprint density at radius 3 is 1.96 bits per heavy atom. The molecular formula is C19H19FN2O2. The first-order valence-electron chi connectivity index (χ1n) is 7.96. The van der Waals surface area contributed by atoms with E-state index in [9.17, 15) is 14.0 Å². The zero-order valence-electron chi connectivity index (χ0n) is 13.5. The van der Waals surface area contributed by atoms with Crippen molar-refractivity contribution in [3.8, 4) is 0 Å². The number of piperazine rings is 1. The third-order valence-corrected chi connectivity index (χ3v) is 4.26. The van der Waals surface area contributed by atoms with E-state index < -0.39 is 5.82 Å². The summed E-state index contributed by atoms with van der Waals surface area (Å²) >= 11 is 0. The quantitative estimate of drug-likeness (QED) is 0.851. The van der Waals surface area contributed by atoms with Gasteiger partial charge >= 0.3 is 0 Å². The molecule has 0 atom stereocenters. The number of halogens is 1. The van der Waals surface area contributed by atoms with Gasteiger partial charge in [0.15, 0.2) is 0 Å². The molecule has 0 aliphatic carbocycles. The molecule has 3 rings (SSSR count). The van der Waals surface area contributed by atoms with Gasteiger partial charge in [0.05, 0.1) is 5.56 Å². The molecule has 2 amide bonds. The zero-order chi connectivity index (χ0) is 17.1. The summed E-state index contributed by atoms with van der Waals surface area (Å²) in [5, 5.41) is 0. The molecule has 24 heavy (non-hydrogen) atoms. The minimum atomic E-state index is -0.513. The fourth-order valence-electron chi connectivity index (χ4n) is 2.80. The van der Waals surface area contributed by atoms with Gasteiger partial charge < -0.3 is 9.80 Å². The van der Waals surface area contributed by atoms with E-state index in [1.54, 1.807) is 21.9 Å². The van der Waals surface area contributed by atoms with Crippen molar-refractivity contribution < 1.29 is 14.0 Å². The van der Waals surface area contributed by atoms with Gasteiger partial charge in [-0.05, 0) is 31.2 Å². The fraction of sp³-hybridized carbons (Fsp3) is 0.263. The Kier molecular flexibility index (Phi) is 4.60. The van der Waals surface area contributed by atoms with Crippen molar-refractivity contribution in [3.63, 3.8) is 0 Å². The summed E-state index contributed by atoms with van der Waals surface area (Å²) < 4.78 is 13.7. The van der Waals surface area contributed by atoms with Gasteiger partial charge in [-0.1, -0.05) is 29.8 Å². The maximum Gasteiger partial charge on any atom is 0.256 e. The maximum absolute atomic E-state index is 13.7. The van der Waals surface area contributed by atoms with Gasteiger partial charge in [-0.2, -0.15) is 0 Å². The summed E-state index contributed by atoms with van der Waals surface area (Å²) in [5.41, 5.74) is 1.83. The summed E-state index contributed by atoms with van der Waals surface area (Å²) in [6.45, 7) is 3.69. The number of aryl methyl sites for hydroxylation is 1. The highest BCUT2D eigenvalue weighted by atomic mass is 19.1. The summed E-state index contributed by atoms with van der Waals surface area (Å²) in [7, 11) is 0. The van der Waals surface area contributed by atoms with E-state index in [2.05, 4.69) is 0 Å². The van der Waals surface area contributed by atoms with Gasteiger partial charge in [0.1, 0.15) is 5.82 Å². The van der Waals surface area contributed by atoms with Gasteiger partial charge in [0, 0.05) is 31.7 Å². The molecule has 0 bridgehead atoms. The van der Waals surface area contributed by atoms with Crippen LogP contribution in [0.2, 0.25) is 0 Å². The minimum Gasteiger partial charge on any atom is -0.335 e. The van der Waals surface area contributed by atoms with E-state index in [4.69, 9.17) is 0 Å². The van der Waals surface area contributed by atoms with E-state index in [0.29, 0.717) is 31.7 Å². The van der Waals surface area contributed by atoms with Crippen molar-refractivity contribution >= 4 is 11.8 Å². The normalized spacial score (nSPS) is 14.6. The molecule has 2 aromatic rings. The number of nitrogens with zero attached hydrogens (tertiary/aromatic N) is 2. The molecule has 2 aromatic carbocycles. The number of benzene rings is 2. The van der Waals surface area contributed by atoms with Gasteiger partial charge in [-0.3, -0.25) is 9.59 Å². The van der Waals surface area contributed by atoms with Crippen molar-refractivity contribution in [3.05, 3.63) is 71.0 Å². The van der Waals surface area contributed by atoms with E-state index in [-0.39, 0.29) is 17.4 Å². The lowest BCUT2D eigenvalue weighted by Gasteiger charge is -2.35. The molecule has 1 aliphatic heterocycles. The Morgan fingerprint density at radius 2 is 1.38 bits per heavy atom. The van der Waals surface area contributed by atoms with Crippen molar-refractivity contribution in [2.45, 2.75) is 6.92 Å². The molecule has 0 N–H and O–H groups in total. The average Bonchev–Trinajstić information content (AvgIpc) is 2.62. The van der Waals surface area contributed by atoms with Gasteiger partial charge in [-0.15, -0.1) is 0 Å². The SMILES string of the molecule is Cc1ccc(C(=O)N2CCN(C(=O)c3ccccc3F)CC2)cc1. The minimum absolute atomic E-state index is 0.0343. The molecule has 0 unspecified atom stereocenters. The van der Waals surface area contributed by atoms with E-state index in [0.717, 1.165) is 5.56 Å². The molecule has 0 aromatic heterocycles. The molecule has 1 heterocycles. The Bertz CT molecular complexity index is 750. The highest BCUT2D eigenvalue weighted by Crippen LogP contribution is 2.14. The third-order valence-electron chi connectivity index (χ3n) is 4.26. The third kappa shape index (κ3) is 3.30.